The van der Waals surface area contributed by atoms with E-state index >= 15 is 0 Å². The van der Waals surface area contributed by atoms with Gasteiger partial charge in [0.1, 0.15) is 11.9 Å². The molecule has 1 fully saturated rings. The zero-order valence-corrected chi connectivity index (χ0v) is 15.4. The summed E-state index contributed by atoms with van der Waals surface area (Å²) in [7, 11) is 0. The van der Waals surface area contributed by atoms with Crippen molar-refractivity contribution in [1.82, 2.24) is 29.9 Å². The van der Waals surface area contributed by atoms with E-state index in [1.807, 2.05) is 0 Å². The van der Waals surface area contributed by atoms with Crippen LogP contribution in [0.2, 0.25) is 0 Å². The van der Waals surface area contributed by atoms with Crippen molar-refractivity contribution in [3.63, 3.8) is 0 Å². The summed E-state index contributed by atoms with van der Waals surface area (Å²) in [6.45, 7) is 0.627. The van der Waals surface area contributed by atoms with Gasteiger partial charge in [-0.25, -0.2) is 8.91 Å². The lowest BCUT2D eigenvalue weighted by atomic mass is 10.1. The molecule has 4 aromatic rings. The molecule has 0 bridgehead atoms. The van der Waals surface area contributed by atoms with E-state index < -0.39 is 0 Å². The molecule has 29 heavy (non-hydrogen) atoms. The van der Waals surface area contributed by atoms with Crippen LogP contribution >= 0.6 is 0 Å². The first kappa shape index (κ1) is 17.5. The average Bonchev–Trinajstić information content (AvgIpc) is 3.48. The number of pyridine rings is 1. The van der Waals surface area contributed by atoms with Crippen LogP contribution in [0.1, 0.15) is 46.5 Å². The highest BCUT2D eigenvalue weighted by atomic mass is 19.1. The minimum Gasteiger partial charge on any atom is -0.337 e. The van der Waals surface area contributed by atoms with Crippen LogP contribution in [0.25, 0.3) is 5.52 Å². The average molecular weight is 392 g/mol. The number of hydrogen-bond acceptors (Lipinski definition) is 6. The Morgan fingerprint density at radius 3 is 2.97 bits per heavy atom. The molecule has 1 amide bonds. The number of aromatic nitrogens is 5. The van der Waals surface area contributed by atoms with Gasteiger partial charge in [0, 0.05) is 24.7 Å². The van der Waals surface area contributed by atoms with Gasteiger partial charge in [0.15, 0.2) is 5.82 Å². The maximum atomic E-state index is 13.1. The standard InChI is InChI=1S/C20H17FN6O2/c21-15-5-3-13(4-6-15)10-18-23-19(29-24-18)17-2-1-8-26(17)20(28)14-7-9-27-16(11-14)12-22-25-27/h3-7,9,11-12,17H,1-2,8,10H2. The highest BCUT2D eigenvalue weighted by Crippen LogP contribution is 2.32. The number of carbonyl (C=O) groups is 1. The van der Waals surface area contributed by atoms with E-state index in [1.54, 1.807) is 46.1 Å². The molecule has 4 heterocycles. The van der Waals surface area contributed by atoms with E-state index in [-0.39, 0.29) is 17.8 Å². The zero-order chi connectivity index (χ0) is 19.8. The first-order valence-corrected chi connectivity index (χ1v) is 9.35. The van der Waals surface area contributed by atoms with Crippen LogP contribution in [0.15, 0.2) is 53.3 Å². The summed E-state index contributed by atoms with van der Waals surface area (Å²) in [5.41, 5.74) is 2.21. The molecule has 0 aliphatic carbocycles. The fourth-order valence-electron chi connectivity index (χ4n) is 3.65. The Kier molecular flexibility index (Phi) is 4.27. The minimum atomic E-state index is -0.285. The molecular weight excluding hydrogens is 375 g/mol. The fraction of sp³-hybridized carbons (Fsp3) is 0.250. The second kappa shape index (κ2) is 7.08. The Bertz CT molecular complexity index is 1170. The van der Waals surface area contributed by atoms with Crippen LogP contribution in [-0.2, 0) is 6.42 Å². The van der Waals surface area contributed by atoms with E-state index in [4.69, 9.17) is 4.52 Å². The molecular formula is C20H17FN6O2. The van der Waals surface area contributed by atoms with Gasteiger partial charge in [-0.15, -0.1) is 5.10 Å². The first-order valence-electron chi connectivity index (χ1n) is 9.35. The summed E-state index contributed by atoms with van der Waals surface area (Å²) in [4.78, 5) is 19.3. The number of benzene rings is 1. The minimum absolute atomic E-state index is 0.0884. The maximum Gasteiger partial charge on any atom is 0.254 e. The number of amides is 1. The summed E-state index contributed by atoms with van der Waals surface area (Å²) < 4.78 is 20.1. The quantitative estimate of drug-likeness (QED) is 0.531. The molecule has 5 rings (SSSR count). The molecule has 3 aromatic heterocycles. The Balaban J connectivity index is 1.35. The topological polar surface area (TPSA) is 89.4 Å². The summed E-state index contributed by atoms with van der Waals surface area (Å²) in [6.07, 6.45) is 5.39. The lowest BCUT2D eigenvalue weighted by Gasteiger charge is -2.21. The molecule has 1 atom stereocenters. The Hall–Kier alpha value is -3.62. The van der Waals surface area contributed by atoms with Crippen molar-refractivity contribution in [2.75, 3.05) is 6.54 Å². The SMILES string of the molecule is O=C(c1ccn2nncc2c1)N1CCCC1c1nc(Cc2ccc(F)cc2)no1. The van der Waals surface area contributed by atoms with Crippen LogP contribution in [0.5, 0.6) is 0 Å². The van der Waals surface area contributed by atoms with E-state index in [2.05, 4.69) is 20.5 Å². The highest BCUT2D eigenvalue weighted by Gasteiger charge is 2.34. The number of hydrogen-bond donors (Lipinski definition) is 0. The Labute approximate surface area is 164 Å². The number of rotatable bonds is 4. The summed E-state index contributed by atoms with van der Waals surface area (Å²) in [6, 6.07) is 9.44. The van der Waals surface area contributed by atoms with Gasteiger partial charge in [0.2, 0.25) is 5.89 Å². The molecule has 8 nitrogen and oxygen atoms in total. The van der Waals surface area contributed by atoms with Crippen LogP contribution in [0.4, 0.5) is 4.39 Å². The van der Waals surface area contributed by atoms with Crippen molar-refractivity contribution in [2.24, 2.45) is 0 Å². The molecule has 146 valence electrons. The van der Waals surface area contributed by atoms with Gasteiger partial charge in [0.25, 0.3) is 5.91 Å². The Morgan fingerprint density at radius 2 is 2.10 bits per heavy atom. The van der Waals surface area contributed by atoms with Gasteiger partial charge in [-0.1, -0.05) is 22.5 Å². The van der Waals surface area contributed by atoms with Gasteiger partial charge in [-0.3, -0.25) is 4.79 Å². The molecule has 1 unspecified atom stereocenters. The lowest BCUT2D eigenvalue weighted by Crippen LogP contribution is -2.30. The molecule has 1 saturated heterocycles. The van der Waals surface area contributed by atoms with E-state index in [9.17, 15) is 9.18 Å². The van der Waals surface area contributed by atoms with Gasteiger partial charge in [0.05, 0.1) is 11.7 Å². The van der Waals surface area contributed by atoms with Gasteiger partial charge < -0.3 is 9.42 Å². The van der Waals surface area contributed by atoms with Crippen LogP contribution in [0, 0.1) is 5.82 Å². The van der Waals surface area contributed by atoms with E-state index in [0.29, 0.717) is 30.2 Å². The number of carbonyl (C=O) groups excluding carboxylic acids is 1. The third kappa shape index (κ3) is 3.35. The second-order valence-corrected chi connectivity index (χ2v) is 7.03. The second-order valence-electron chi connectivity index (χ2n) is 7.03. The summed E-state index contributed by atoms with van der Waals surface area (Å²) in [5.74, 6) is 0.569. The molecule has 0 saturated carbocycles. The molecule has 0 radical (unpaired) electrons. The van der Waals surface area contributed by atoms with Gasteiger partial charge in [-0.05, 0) is 42.7 Å². The van der Waals surface area contributed by atoms with Crippen LogP contribution in [-0.4, -0.2) is 42.3 Å². The van der Waals surface area contributed by atoms with Crippen molar-refractivity contribution in [3.8, 4) is 0 Å². The molecule has 1 aliphatic rings. The predicted molar refractivity (Wildman–Crippen MR) is 99.5 cm³/mol. The van der Waals surface area contributed by atoms with Crippen LogP contribution < -0.4 is 0 Å². The smallest absolute Gasteiger partial charge is 0.254 e. The van der Waals surface area contributed by atoms with Crippen LogP contribution in [0.3, 0.4) is 0 Å². The largest absolute Gasteiger partial charge is 0.337 e. The van der Waals surface area contributed by atoms with Gasteiger partial charge >= 0.3 is 0 Å². The van der Waals surface area contributed by atoms with Crippen molar-refractivity contribution >= 4 is 11.4 Å². The third-order valence-corrected chi connectivity index (χ3v) is 5.11. The Morgan fingerprint density at radius 1 is 1.24 bits per heavy atom. The summed E-state index contributed by atoms with van der Waals surface area (Å²) in [5, 5.41) is 11.8. The van der Waals surface area contributed by atoms with Crippen molar-refractivity contribution in [1.29, 1.82) is 0 Å². The number of likely N-dealkylation sites (tertiary alicyclic amines) is 1. The number of fused-ring (bicyclic) bond motifs is 1. The van der Waals surface area contributed by atoms with E-state index in [0.717, 1.165) is 23.9 Å². The van der Waals surface area contributed by atoms with Crippen molar-refractivity contribution in [3.05, 3.63) is 77.5 Å². The molecule has 1 aliphatic heterocycles. The predicted octanol–water partition coefficient (Wildman–Crippen LogP) is 2.82. The number of halogens is 1. The summed E-state index contributed by atoms with van der Waals surface area (Å²) >= 11 is 0. The van der Waals surface area contributed by atoms with Gasteiger partial charge in [-0.2, -0.15) is 4.98 Å². The third-order valence-electron chi connectivity index (χ3n) is 5.11. The fourth-order valence-corrected chi connectivity index (χ4v) is 3.65. The lowest BCUT2D eigenvalue weighted by molar-refractivity contribution is 0.0710. The number of nitrogens with zero attached hydrogens (tertiary/aromatic N) is 6. The molecule has 0 spiro atoms. The first-order chi connectivity index (χ1) is 14.2. The van der Waals surface area contributed by atoms with Crippen molar-refractivity contribution in [2.45, 2.75) is 25.3 Å². The monoisotopic (exact) mass is 392 g/mol. The molecule has 0 N–H and O–H groups in total. The molecule has 9 heteroatoms. The highest BCUT2D eigenvalue weighted by molar-refractivity contribution is 5.95. The van der Waals surface area contributed by atoms with Crippen molar-refractivity contribution < 1.29 is 13.7 Å². The normalized spacial score (nSPS) is 16.6. The molecule has 1 aromatic carbocycles. The zero-order valence-electron chi connectivity index (χ0n) is 15.4. The van der Waals surface area contributed by atoms with E-state index in [1.165, 1.54) is 12.1 Å². The maximum absolute atomic E-state index is 13.1.